The zero-order chi connectivity index (χ0) is 16.5. The minimum absolute atomic E-state index is 0.110. The first-order valence-corrected chi connectivity index (χ1v) is 8.56. The third kappa shape index (κ3) is 2.61. The molecular weight excluding hydrogens is 362 g/mol. The molecule has 4 rings (SSSR count). The maximum absolute atomic E-state index is 13.0. The fourth-order valence-corrected chi connectivity index (χ4v) is 3.54. The summed E-state index contributed by atoms with van der Waals surface area (Å²) in [4.78, 5) is 17.8. The van der Waals surface area contributed by atoms with Gasteiger partial charge in [-0.15, -0.1) is 0 Å². The highest BCUT2D eigenvalue weighted by molar-refractivity contribution is 9.10. The smallest absolute Gasteiger partial charge is 0.176 e. The number of hydrogen-bond donors (Lipinski definition) is 0. The summed E-state index contributed by atoms with van der Waals surface area (Å²) in [7, 11) is 0. The van der Waals surface area contributed by atoms with Gasteiger partial charge < -0.3 is 0 Å². The number of carbonyl (C=O) groups excluding carboxylic acids is 1. The van der Waals surface area contributed by atoms with Crippen LogP contribution in [-0.4, -0.2) is 11.5 Å². The van der Waals surface area contributed by atoms with Crippen molar-refractivity contribution in [2.45, 2.75) is 5.92 Å². The van der Waals surface area contributed by atoms with Gasteiger partial charge in [0.1, 0.15) is 0 Å². The maximum atomic E-state index is 13.0. The van der Waals surface area contributed by atoms with Crippen LogP contribution >= 0.6 is 15.9 Å². The van der Waals surface area contributed by atoms with Crippen molar-refractivity contribution in [3.63, 3.8) is 0 Å². The van der Waals surface area contributed by atoms with Crippen molar-refractivity contribution in [2.75, 3.05) is 0 Å². The molecule has 0 unspecified atom stereocenters. The molecule has 0 spiro atoms. The van der Waals surface area contributed by atoms with Gasteiger partial charge in [-0.1, -0.05) is 70.5 Å². The molecule has 1 atom stereocenters. The van der Waals surface area contributed by atoms with Gasteiger partial charge in [-0.2, -0.15) is 0 Å². The highest BCUT2D eigenvalue weighted by Gasteiger charge is 2.37. The summed E-state index contributed by atoms with van der Waals surface area (Å²) < 4.78 is 0.961. The van der Waals surface area contributed by atoms with Crippen LogP contribution in [0.25, 0.3) is 0 Å². The molecule has 3 aromatic carbocycles. The molecule has 116 valence electrons. The Morgan fingerprint density at radius 2 is 1.50 bits per heavy atom. The first-order chi connectivity index (χ1) is 11.7. The normalized spacial score (nSPS) is 18.0. The van der Waals surface area contributed by atoms with Crippen molar-refractivity contribution in [3.05, 3.63) is 100 Å². The third-order valence-electron chi connectivity index (χ3n) is 4.19. The van der Waals surface area contributed by atoms with Crippen LogP contribution in [0.2, 0.25) is 0 Å². The molecule has 3 aromatic rings. The van der Waals surface area contributed by atoms with E-state index in [4.69, 9.17) is 4.99 Å². The van der Waals surface area contributed by atoms with Crippen molar-refractivity contribution in [2.24, 2.45) is 4.99 Å². The van der Waals surface area contributed by atoms with E-state index in [1.54, 1.807) is 0 Å². The van der Waals surface area contributed by atoms with Crippen molar-refractivity contribution in [1.82, 2.24) is 0 Å². The molecule has 0 aromatic heterocycles. The SMILES string of the molecule is O=C1c2ccccc2C(=Nc2ccccc2)[C@@H]1c1cccc(Br)c1. The number of aliphatic imine (C=N–C) groups is 1. The number of fused-ring (bicyclic) bond motifs is 1. The molecule has 2 nitrogen and oxygen atoms in total. The average molecular weight is 376 g/mol. The van der Waals surface area contributed by atoms with Crippen LogP contribution in [0.5, 0.6) is 0 Å². The molecule has 0 saturated heterocycles. The molecule has 24 heavy (non-hydrogen) atoms. The van der Waals surface area contributed by atoms with E-state index in [-0.39, 0.29) is 11.7 Å². The Bertz CT molecular complexity index is 947. The first-order valence-electron chi connectivity index (χ1n) is 7.77. The molecule has 0 fully saturated rings. The van der Waals surface area contributed by atoms with Crippen LogP contribution in [0.1, 0.15) is 27.4 Å². The quantitative estimate of drug-likeness (QED) is 0.577. The summed E-state index contributed by atoms with van der Waals surface area (Å²) in [6.45, 7) is 0. The molecule has 0 aliphatic heterocycles. The van der Waals surface area contributed by atoms with Crippen LogP contribution in [0.15, 0.2) is 88.3 Å². The highest BCUT2D eigenvalue weighted by Crippen LogP contribution is 2.36. The fourth-order valence-electron chi connectivity index (χ4n) is 3.12. The van der Waals surface area contributed by atoms with Gasteiger partial charge in [0.2, 0.25) is 0 Å². The van der Waals surface area contributed by atoms with E-state index in [0.717, 1.165) is 32.6 Å². The standard InChI is InChI=1S/C21H14BrNO/c22-15-8-6-7-14(13-15)19-20(23-16-9-2-1-3-10-16)17-11-4-5-12-18(17)21(19)24/h1-13,19H/t19-/m0/s1. The topological polar surface area (TPSA) is 29.4 Å². The van der Waals surface area contributed by atoms with Crippen LogP contribution < -0.4 is 0 Å². The van der Waals surface area contributed by atoms with Crippen LogP contribution in [0, 0.1) is 0 Å². The maximum Gasteiger partial charge on any atom is 0.176 e. The minimum atomic E-state index is -0.361. The van der Waals surface area contributed by atoms with Gasteiger partial charge in [0.25, 0.3) is 0 Å². The molecule has 1 aliphatic rings. The molecule has 0 saturated carbocycles. The number of hydrogen-bond acceptors (Lipinski definition) is 2. The Labute approximate surface area is 149 Å². The zero-order valence-corrected chi connectivity index (χ0v) is 14.4. The average Bonchev–Trinajstić information content (AvgIpc) is 2.89. The number of Topliss-reactive ketones (excluding diaryl/α,β-unsaturated/α-hetero) is 1. The monoisotopic (exact) mass is 375 g/mol. The number of benzene rings is 3. The number of carbonyl (C=O) groups is 1. The van der Waals surface area contributed by atoms with E-state index >= 15 is 0 Å². The molecule has 3 heteroatoms. The number of rotatable bonds is 2. The molecule has 0 N–H and O–H groups in total. The molecule has 0 amide bonds. The second-order valence-corrected chi connectivity index (χ2v) is 6.65. The van der Waals surface area contributed by atoms with Crippen molar-refractivity contribution in [3.8, 4) is 0 Å². The van der Waals surface area contributed by atoms with Gasteiger partial charge in [0.05, 0.1) is 17.3 Å². The lowest BCUT2D eigenvalue weighted by molar-refractivity contribution is 0.0988. The van der Waals surface area contributed by atoms with E-state index < -0.39 is 0 Å². The molecular formula is C21H14BrNO. The number of nitrogens with zero attached hydrogens (tertiary/aromatic N) is 1. The molecule has 1 aliphatic carbocycles. The molecule has 0 bridgehead atoms. The van der Waals surface area contributed by atoms with Gasteiger partial charge >= 0.3 is 0 Å². The van der Waals surface area contributed by atoms with Gasteiger partial charge in [0.15, 0.2) is 5.78 Å². The lowest BCUT2D eigenvalue weighted by Gasteiger charge is -2.11. The summed E-state index contributed by atoms with van der Waals surface area (Å²) in [6.07, 6.45) is 0. The summed E-state index contributed by atoms with van der Waals surface area (Å²) >= 11 is 3.50. The fraction of sp³-hybridized carbons (Fsp3) is 0.0476. The minimum Gasteiger partial charge on any atom is -0.293 e. The van der Waals surface area contributed by atoms with E-state index in [1.807, 2.05) is 78.9 Å². The summed E-state index contributed by atoms with van der Waals surface area (Å²) in [5.74, 6) is -0.251. The summed E-state index contributed by atoms with van der Waals surface area (Å²) in [5, 5.41) is 0. The Morgan fingerprint density at radius 1 is 0.792 bits per heavy atom. The van der Waals surface area contributed by atoms with E-state index in [1.165, 1.54) is 0 Å². The number of halogens is 1. The Kier molecular flexibility index (Phi) is 3.87. The van der Waals surface area contributed by atoms with Gasteiger partial charge in [-0.25, -0.2) is 0 Å². The van der Waals surface area contributed by atoms with E-state index in [9.17, 15) is 4.79 Å². The molecule has 0 heterocycles. The predicted molar refractivity (Wildman–Crippen MR) is 100 cm³/mol. The number of para-hydroxylation sites is 1. The van der Waals surface area contributed by atoms with Crippen LogP contribution in [0.3, 0.4) is 0 Å². The van der Waals surface area contributed by atoms with E-state index in [2.05, 4.69) is 15.9 Å². The first kappa shape index (κ1) is 15.0. The van der Waals surface area contributed by atoms with Crippen molar-refractivity contribution in [1.29, 1.82) is 0 Å². The summed E-state index contributed by atoms with van der Waals surface area (Å²) in [5.41, 5.74) is 4.31. The third-order valence-corrected chi connectivity index (χ3v) is 4.69. The van der Waals surface area contributed by atoms with Crippen LogP contribution in [0.4, 0.5) is 5.69 Å². The largest absolute Gasteiger partial charge is 0.293 e. The Morgan fingerprint density at radius 3 is 2.25 bits per heavy atom. The zero-order valence-electron chi connectivity index (χ0n) is 12.8. The van der Waals surface area contributed by atoms with Gasteiger partial charge in [-0.05, 0) is 29.8 Å². The second kappa shape index (κ2) is 6.17. The predicted octanol–water partition coefficient (Wildman–Crippen LogP) is 5.55. The Hall–Kier alpha value is -2.52. The second-order valence-electron chi connectivity index (χ2n) is 5.73. The lowest BCUT2D eigenvalue weighted by atomic mass is 9.93. The Balaban J connectivity index is 1.92. The van der Waals surface area contributed by atoms with Gasteiger partial charge in [-0.3, -0.25) is 9.79 Å². The number of ketones is 1. The van der Waals surface area contributed by atoms with E-state index in [0.29, 0.717) is 0 Å². The lowest BCUT2D eigenvalue weighted by Crippen LogP contribution is -2.13. The van der Waals surface area contributed by atoms with Gasteiger partial charge in [0, 0.05) is 15.6 Å². The highest BCUT2D eigenvalue weighted by atomic mass is 79.9. The summed E-state index contributed by atoms with van der Waals surface area (Å²) in [6, 6.07) is 25.4. The van der Waals surface area contributed by atoms with Crippen LogP contribution in [-0.2, 0) is 0 Å². The molecule has 0 radical (unpaired) electrons. The van der Waals surface area contributed by atoms with Crippen molar-refractivity contribution >= 4 is 33.1 Å². The van der Waals surface area contributed by atoms with Crippen molar-refractivity contribution < 1.29 is 4.79 Å².